The number of piperidine rings is 1. The van der Waals surface area contributed by atoms with Gasteiger partial charge >= 0.3 is 0 Å². The highest BCUT2D eigenvalue weighted by molar-refractivity contribution is 5.45. The summed E-state index contributed by atoms with van der Waals surface area (Å²) in [6.45, 7) is 13.1. The molecule has 2 aliphatic heterocycles. The van der Waals surface area contributed by atoms with E-state index in [9.17, 15) is 0 Å². The first kappa shape index (κ1) is 20.1. The van der Waals surface area contributed by atoms with Crippen LogP contribution in [0.4, 0.5) is 5.82 Å². The van der Waals surface area contributed by atoms with E-state index < -0.39 is 0 Å². The van der Waals surface area contributed by atoms with Gasteiger partial charge in [0.05, 0.1) is 12.6 Å². The highest BCUT2D eigenvalue weighted by atomic mass is 16.5. The second-order valence-electron chi connectivity index (χ2n) is 7.77. The SMILES string of the molecule is CCN1CCN(CC#CCOC2CCN(c3ccc4nnc(C)n4n3)CC2)CC1. The molecule has 156 valence electrons. The van der Waals surface area contributed by atoms with Crippen molar-refractivity contribution >= 4 is 11.5 Å². The van der Waals surface area contributed by atoms with Gasteiger partial charge in [0.1, 0.15) is 12.4 Å². The smallest absolute Gasteiger partial charge is 0.178 e. The van der Waals surface area contributed by atoms with Gasteiger partial charge < -0.3 is 14.5 Å². The van der Waals surface area contributed by atoms with Crippen molar-refractivity contribution < 1.29 is 4.74 Å². The number of rotatable bonds is 5. The Bertz CT molecular complexity index is 855. The van der Waals surface area contributed by atoms with Crippen molar-refractivity contribution in [3.63, 3.8) is 0 Å². The van der Waals surface area contributed by atoms with Crippen LogP contribution in [0, 0.1) is 18.8 Å². The van der Waals surface area contributed by atoms with E-state index in [1.165, 1.54) is 0 Å². The molecule has 2 aromatic rings. The number of likely N-dealkylation sites (N-methyl/N-ethyl adjacent to an activating group) is 1. The molecule has 0 radical (unpaired) electrons. The van der Waals surface area contributed by atoms with E-state index in [4.69, 9.17) is 4.74 Å². The normalized spacial score (nSPS) is 19.4. The summed E-state index contributed by atoms with van der Waals surface area (Å²) in [7, 11) is 0. The molecule has 2 fully saturated rings. The van der Waals surface area contributed by atoms with Crippen molar-refractivity contribution in [1.29, 1.82) is 0 Å². The number of aromatic nitrogens is 4. The van der Waals surface area contributed by atoms with Crippen LogP contribution < -0.4 is 4.90 Å². The summed E-state index contributed by atoms with van der Waals surface area (Å²) in [6.07, 6.45) is 2.29. The minimum Gasteiger partial charge on any atom is -0.365 e. The minimum absolute atomic E-state index is 0.286. The van der Waals surface area contributed by atoms with Crippen molar-refractivity contribution in [2.75, 3.05) is 63.9 Å². The van der Waals surface area contributed by atoms with E-state index in [1.54, 1.807) is 4.52 Å². The van der Waals surface area contributed by atoms with Gasteiger partial charge in [0, 0.05) is 39.3 Å². The van der Waals surface area contributed by atoms with E-state index in [-0.39, 0.29) is 6.10 Å². The molecule has 0 atom stereocenters. The van der Waals surface area contributed by atoms with E-state index in [0.29, 0.717) is 6.61 Å². The first-order valence-corrected chi connectivity index (χ1v) is 10.7. The molecule has 8 nitrogen and oxygen atoms in total. The number of hydrogen-bond acceptors (Lipinski definition) is 7. The van der Waals surface area contributed by atoms with Gasteiger partial charge in [0.25, 0.3) is 0 Å². The van der Waals surface area contributed by atoms with Crippen LogP contribution in [0.2, 0.25) is 0 Å². The van der Waals surface area contributed by atoms with Crippen LogP contribution in [0.3, 0.4) is 0 Å². The van der Waals surface area contributed by atoms with Gasteiger partial charge in [-0.1, -0.05) is 18.8 Å². The second-order valence-corrected chi connectivity index (χ2v) is 7.77. The molecule has 4 heterocycles. The van der Waals surface area contributed by atoms with E-state index in [1.807, 2.05) is 19.1 Å². The fraction of sp³-hybridized carbons (Fsp3) is 0.667. The van der Waals surface area contributed by atoms with Gasteiger partial charge in [0.2, 0.25) is 0 Å². The molecule has 0 aliphatic carbocycles. The van der Waals surface area contributed by atoms with Crippen LogP contribution in [-0.2, 0) is 4.74 Å². The summed E-state index contributed by atoms with van der Waals surface area (Å²) in [5, 5.41) is 12.8. The van der Waals surface area contributed by atoms with Crippen LogP contribution >= 0.6 is 0 Å². The van der Waals surface area contributed by atoms with Crippen LogP contribution in [0.5, 0.6) is 0 Å². The summed E-state index contributed by atoms with van der Waals surface area (Å²) in [6, 6.07) is 4.00. The largest absolute Gasteiger partial charge is 0.365 e. The summed E-state index contributed by atoms with van der Waals surface area (Å²) < 4.78 is 7.80. The zero-order valence-corrected chi connectivity index (χ0v) is 17.5. The van der Waals surface area contributed by atoms with Crippen molar-refractivity contribution in [3.05, 3.63) is 18.0 Å². The molecule has 0 saturated carbocycles. The number of fused-ring (bicyclic) bond motifs is 1. The van der Waals surface area contributed by atoms with Crippen molar-refractivity contribution in [2.45, 2.75) is 32.8 Å². The summed E-state index contributed by atoms with van der Waals surface area (Å²) >= 11 is 0. The minimum atomic E-state index is 0.286. The molecule has 0 aromatic carbocycles. The van der Waals surface area contributed by atoms with Gasteiger partial charge in [-0.05, 0) is 38.4 Å². The maximum Gasteiger partial charge on any atom is 0.178 e. The summed E-state index contributed by atoms with van der Waals surface area (Å²) in [5.41, 5.74) is 0.787. The fourth-order valence-electron chi connectivity index (χ4n) is 3.95. The number of aryl methyl sites for hydroxylation is 1. The average Bonchev–Trinajstić information content (AvgIpc) is 3.14. The summed E-state index contributed by atoms with van der Waals surface area (Å²) in [4.78, 5) is 7.22. The van der Waals surface area contributed by atoms with Crippen LogP contribution in [-0.4, -0.2) is 94.7 Å². The highest BCUT2D eigenvalue weighted by Crippen LogP contribution is 2.20. The standard InChI is InChI=1S/C21H31N7O/c1-3-25-13-15-26(16-14-25)10-4-5-17-29-19-8-11-27(12-9-19)21-7-6-20-23-22-18(2)28(20)24-21/h6-7,19H,3,8-17H2,1-2H3. The van der Waals surface area contributed by atoms with Gasteiger partial charge in [0.15, 0.2) is 11.5 Å². The van der Waals surface area contributed by atoms with Crippen LogP contribution in [0.15, 0.2) is 12.1 Å². The maximum absolute atomic E-state index is 6.00. The molecule has 8 heteroatoms. The Morgan fingerprint density at radius 2 is 1.76 bits per heavy atom. The lowest BCUT2D eigenvalue weighted by Gasteiger charge is -2.32. The zero-order valence-electron chi connectivity index (χ0n) is 17.5. The quantitative estimate of drug-likeness (QED) is 0.699. The van der Waals surface area contributed by atoms with Crippen LogP contribution in [0.25, 0.3) is 5.65 Å². The number of ether oxygens (including phenoxy) is 1. The number of piperazine rings is 1. The fourth-order valence-corrected chi connectivity index (χ4v) is 3.95. The Morgan fingerprint density at radius 3 is 2.52 bits per heavy atom. The van der Waals surface area contributed by atoms with Gasteiger partial charge in [-0.2, -0.15) is 4.52 Å². The third kappa shape index (κ3) is 5.04. The predicted octanol–water partition coefficient (Wildman–Crippen LogP) is 1.06. The molecule has 0 spiro atoms. The Kier molecular flexibility index (Phi) is 6.60. The van der Waals surface area contributed by atoms with Crippen LogP contribution in [0.1, 0.15) is 25.6 Å². The van der Waals surface area contributed by atoms with E-state index in [0.717, 1.165) is 82.5 Å². The Morgan fingerprint density at radius 1 is 1.00 bits per heavy atom. The molecular weight excluding hydrogens is 366 g/mol. The average molecular weight is 398 g/mol. The highest BCUT2D eigenvalue weighted by Gasteiger charge is 2.21. The lowest BCUT2D eigenvalue weighted by atomic mass is 10.1. The zero-order chi connectivity index (χ0) is 20.1. The predicted molar refractivity (Wildman–Crippen MR) is 113 cm³/mol. The van der Waals surface area contributed by atoms with Crippen molar-refractivity contribution in [2.24, 2.45) is 0 Å². The molecular formula is C21H31N7O. The molecule has 2 aliphatic rings. The molecule has 0 unspecified atom stereocenters. The third-order valence-corrected chi connectivity index (χ3v) is 5.90. The first-order chi connectivity index (χ1) is 14.2. The summed E-state index contributed by atoms with van der Waals surface area (Å²) in [5.74, 6) is 8.27. The lowest BCUT2D eigenvalue weighted by Crippen LogP contribution is -2.46. The molecule has 0 N–H and O–H groups in total. The molecule has 0 bridgehead atoms. The Balaban J connectivity index is 1.17. The number of anilines is 1. The Hall–Kier alpha value is -2.21. The topological polar surface area (TPSA) is 62.0 Å². The van der Waals surface area contributed by atoms with E-state index in [2.05, 4.69) is 48.8 Å². The monoisotopic (exact) mass is 397 g/mol. The number of nitrogens with zero attached hydrogens (tertiary/aromatic N) is 7. The van der Waals surface area contributed by atoms with Crippen molar-refractivity contribution in [3.8, 4) is 11.8 Å². The lowest BCUT2D eigenvalue weighted by molar-refractivity contribution is 0.0593. The van der Waals surface area contributed by atoms with E-state index >= 15 is 0 Å². The van der Waals surface area contributed by atoms with Gasteiger partial charge in [-0.15, -0.1) is 15.3 Å². The second kappa shape index (κ2) is 9.53. The van der Waals surface area contributed by atoms with Crippen molar-refractivity contribution in [1.82, 2.24) is 29.6 Å². The molecule has 29 heavy (non-hydrogen) atoms. The maximum atomic E-state index is 6.00. The molecule has 4 rings (SSSR count). The first-order valence-electron chi connectivity index (χ1n) is 10.7. The molecule has 0 amide bonds. The molecule has 2 aromatic heterocycles. The Labute approximate surface area is 172 Å². The van der Waals surface area contributed by atoms with Gasteiger partial charge in [-0.25, -0.2) is 0 Å². The molecule has 2 saturated heterocycles. The number of hydrogen-bond donors (Lipinski definition) is 0. The third-order valence-electron chi connectivity index (χ3n) is 5.90. The van der Waals surface area contributed by atoms with Gasteiger partial charge in [-0.3, -0.25) is 4.90 Å².